The summed E-state index contributed by atoms with van der Waals surface area (Å²) in [5.41, 5.74) is 7.68. The minimum atomic E-state index is -0.449. The van der Waals surface area contributed by atoms with Crippen molar-refractivity contribution in [3.05, 3.63) is 30.2 Å². The normalized spacial score (nSPS) is 19.2. The number of aromatic nitrogens is 2. The molecule has 24 heavy (non-hydrogen) atoms. The van der Waals surface area contributed by atoms with Crippen LogP contribution in [0.1, 0.15) is 36.0 Å². The second-order valence-corrected chi connectivity index (χ2v) is 6.90. The highest BCUT2D eigenvalue weighted by Gasteiger charge is 2.33. The number of nitrogens with two attached hydrogens (primary N) is 1. The predicted molar refractivity (Wildman–Crippen MR) is 94.1 cm³/mol. The molecule has 1 saturated carbocycles. The summed E-state index contributed by atoms with van der Waals surface area (Å²) in [5, 5.41) is 0.905. The fraction of sp³-hybridized carbons (Fsp3) is 0.500. The van der Waals surface area contributed by atoms with Gasteiger partial charge in [-0.25, -0.2) is 9.97 Å². The van der Waals surface area contributed by atoms with Crippen LogP contribution in [-0.4, -0.2) is 53.0 Å². The molecule has 2 N–H and O–H groups in total. The number of carbonyl (C=O) groups excluding carboxylic acids is 1. The maximum atomic E-state index is 11.6. The van der Waals surface area contributed by atoms with Crippen LogP contribution >= 0.6 is 0 Å². The zero-order valence-electron chi connectivity index (χ0n) is 14.0. The van der Waals surface area contributed by atoms with Crippen molar-refractivity contribution >= 4 is 22.5 Å². The van der Waals surface area contributed by atoms with Crippen LogP contribution in [0.25, 0.3) is 10.9 Å². The zero-order valence-corrected chi connectivity index (χ0v) is 14.0. The molecule has 1 aliphatic carbocycles. The molecule has 6 heteroatoms. The van der Waals surface area contributed by atoms with Crippen LogP contribution in [0.3, 0.4) is 0 Å². The van der Waals surface area contributed by atoms with E-state index in [1.165, 1.54) is 32.0 Å². The van der Waals surface area contributed by atoms with Crippen molar-refractivity contribution in [2.45, 2.75) is 37.8 Å². The number of benzene rings is 1. The van der Waals surface area contributed by atoms with Crippen LogP contribution < -0.4 is 10.6 Å². The summed E-state index contributed by atoms with van der Waals surface area (Å²) in [7, 11) is 2.27. The summed E-state index contributed by atoms with van der Waals surface area (Å²) >= 11 is 0. The Labute approximate surface area is 141 Å². The second-order valence-electron chi connectivity index (χ2n) is 6.90. The first-order chi connectivity index (χ1) is 11.6. The standard InChI is InChI=1S/C18H23N5O/c1-22(12-2-3-12)13-6-8-23(9-7-13)16-5-4-14(18(19)24)17-15(16)10-20-11-21-17/h4-5,10-13H,2-3,6-9H2,1H3,(H2,19,24). The maximum absolute atomic E-state index is 11.6. The monoisotopic (exact) mass is 325 g/mol. The van der Waals surface area contributed by atoms with E-state index in [1.54, 1.807) is 12.3 Å². The van der Waals surface area contributed by atoms with E-state index < -0.39 is 5.91 Å². The fourth-order valence-corrected chi connectivity index (χ4v) is 3.83. The van der Waals surface area contributed by atoms with Gasteiger partial charge in [0.25, 0.3) is 5.91 Å². The van der Waals surface area contributed by atoms with E-state index in [0.29, 0.717) is 17.1 Å². The first-order valence-corrected chi connectivity index (χ1v) is 8.64. The topological polar surface area (TPSA) is 75.3 Å². The van der Waals surface area contributed by atoms with Crippen molar-refractivity contribution < 1.29 is 4.79 Å². The minimum Gasteiger partial charge on any atom is -0.371 e. The lowest BCUT2D eigenvalue weighted by atomic mass is 10.0. The summed E-state index contributed by atoms with van der Waals surface area (Å²) in [6.45, 7) is 2.03. The molecule has 4 rings (SSSR count). The van der Waals surface area contributed by atoms with Crippen LogP contribution in [0, 0.1) is 0 Å². The van der Waals surface area contributed by atoms with E-state index in [-0.39, 0.29) is 0 Å². The predicted octanol–water partition coefficient (Wildman–Crippen LogP) is 1.79. The Morgan fingerprint density at radius 2 is 1.92 bits per heavy atom. The molecule has 1 saturated heterocycles. The number of hydrogen-bond donors (Lipinski definition) is 1. The van der Waals surface area contributed by atoms with Gasteiger partial charge >= 0.3 is 0 Å². The van der Waals surface area contributed by atoms with Crippen molar-refractivity contribution in [2.24, 2.45) is 5.73 Å². The Morgan fingerprint density at radius 3 is 2.58 bits per heavy atom. The highest BCUT2D eigenvalue weighted by molar-refractivity contribution is 6.07. The number of carbonyl (C=O) groups is 1. The number of piperidine rings is 1. The number of primary amides is 1. The van der Waals surface area contributed by atoms with Crippen molar-refractivity contribution in [2.75, 3.05) is 25.0 Å². The van der Waals surface area contributed by atoms with Gasteiger partial charge in [0.05, 0.1) is 11.1 Å². The Bertz CT molecular complexity index is 765. The maximum Gasteiger partial charge on any atom is 0.250 e. The SMILES string of the molecule is CN(C1CC1)C1CCN(c2ccc(C(N)=O)c3ncncc23)CC1. The molecule has 2 aromatic rings. The van der Waals surface area contributed by atoms with Gasteiger partial charge in [0.2, 0.25) is 0 Å². The van der Waals surface area contributed by atoms with E-state index >= 15 is 0 Å². The Morgan fingerprint density at radius 1 is 1.21 bits per heavy atom. The van der Waals surface area contributed by atoms with Gasteiger partial charge in [0, 0.05) is 42.4 Å². The van der Waals surface area contributed by atoms with Crippen LogP contribution in [-0.2, 0) is 0 Å². The van der Waals surface area contributed by atoms with Crippen LogP contribution in [0.15, 0.2) is 24.7 Å². The van der Waals surface area contributed by atoms with Crippen LogP contribution in [0.5, 0.6) is 0 Å². The number of amides is 1. The van der Waals surface area contributed by atoms with Crippen molar-refractivity contribution in [3.63, 3.8) is 0 Å². The lowest BCUT2D eigenvalue weighted by molar-refractivity contribution is 0.100. The van der Waals surface area contributed by atoms with Gasteiger partial charge in [-0.15, -0.1) is 0 Å². The molecule has 126 valence electrons. The molecule has 6 nitrogen and oxygen atoms in total. The fourth-order valence-electron chi connectivity index (χ4n) is 3.83. The first-order valence-electron chi connectivity index (χ1n) is 8.64. The average Bonchev–Trinajstić information content (AvgIpc) is 3.45. The molecule has 0 atom stereocenters. The van der Waals surface area contributed by atoms with E-state index in [9.17, 15) is 4.79 Å². The Balaban J connectivity index is 1.59. The summed E-state index contributed by atoms with van der Waals surface area (Å²) in [6.07, 6.45) is 8.29. The minimum absolute atomic E-state index is 0.449. The Hall–Kier alpha value is -2.21. The summed E-state index contributed by atoms with van der Waals surface area (Å²) in [4.78, 5) is 25.0. The molecule has 0 unspecified atom stereocenters. The number of nitrogens with zero attached hydrogens (tertiary/aromatic N) is 4. The Kier molecular flexibility index (Phi) is 3.84. The number of hydrogen-bond acceptors (Lipinski definition) is 5. The molecule has 0 radical (unpaired) electrons. The van der Waals surface area contributed by atoms with Gasteiger partial charge in [-0.1, -0.05) is 0 Å². The number of anilines is 1. The molecule has 1 aliphatic heterocycles. The van der Waals surface area contributed by atoms with E-state index in [1.807, 2.05) is 6.07 Å². The lowest BCUT2D eigenvalue weighted by Gasteiger charge is -2.38. The largest absolute Gasteiger partial charge is 0.371 e. The summed E-state index contributed by atoms with van der Waals surface area (Å²) < 4.78 is 0. The van der Waals surface area contributed by atoms with E-state index in [4.69, 9.17) is 5.73 Å². The highest BCUT2D eigenvalue weighted by Crippen LogP contribution is 2.33. The van der Waals surface area contributed by atoms with Gasteiger partial charge in [0.15, 0.2) is 0 Å². The van der Waals surface area contributed by atoms with Gasteiger partial charge in [-0.05, 0) is 44.9 Å². The summed E-state index contributed by atoms with van der Waals surface area (Å²) in [5.74, 6) is -0.449. The van der Waals surface area contributed by atoms with Crippen molar-refractivity contribution in [1.29, 1.82) is 0 Å². The third-order valence-corrected chi connectivity index (χ3v) is 5.42. The first kappa shape index (κ1) is 15.3. The molecule has 2 aliphatic rings. The van der Waals surface area contributed by atoms with Crippen molar-refractivity contribution in [3.8, 4) is 0 Å². The van der Waals surface area contributed by atoms with Crippen LogP contribution in [0.4, 0.5) is 5.69 Å². The molecule has 2 heterocycles. The number of fused-ring (bicyclic) bond motifs is 1. The third-order valence-electron chi connectivity index (χ3n) is 5.42. The van der Waals surface area contributed by atoms with E-state index in [0.717, 1.165) is 30.2 Å². The molecule has 2 fully saturated rings. The van der Waals surface area contributed by atoms with Gasteiger partial charge in [-0.2, -0.15) is 0 Å². The quantitative estimate of drug-likeness (QED) is 0.927. The molecular weight excluding hydrogens is 302 g/mol. The number of rotatable bonds is 4. The highest BCUT2D eigenvalue weighted by atomic mass is 16.1. The lowest BCUT2D eigenvalue weighted by Crippen LogP contribution is -2.44. The average molecular weight is 325 g/mol. The third kappa shape index (κ3) is 2.71. The van der Waals surface area contributed by atoms with Gasteiger partial charge in [-0.3, -0.25) is 4.79 Å². The summed E-state index contributed by atoms with van der Waals surface area (Å²) in [6, 6.07) is 5.26. The molecule has 1 aromatic carbocycles. The molecule has 1 aromatic heterocycles. The van der Waals surface area contributed by atoms with Gasteiger partial charge in [0.1, 0.15) is 6.33 Å². The van der Waals surface area contributed by atoms with Crippen LogP contribution in [0.2, 0.25) is 0 Å². The van der Waals surface area contributed by atoms with Crippen molar-refractivity contribution in [1.82, 2.24) is 14.9 Å². The molecular formula is C18H23N5O. The molecule has 1 amide bonds. The van der Waals surface area contributed by atoms with Gasteiger partial charge < -0.3 is 15.5 Å². The second kappa shape index (κ2) is 6.02. The molecule has 0 bridgehead atoms. The zero-order chi connectivity index (χ0) is 16.7. The smallest absolute Gasteiger partial charge is 0.250 e. The van der Waals surface area contributed by atoms with E-state index in [2.05, 4.69) is 26.8 Å². The molecule has 0 spiro atoms.